The number of rotatable bonds is 4. The third-order valence-electron chi connectivity index (χ3n) is 3.13. The van der Waals surface area contributed by atoms with E-state index < -0.39 is 0 Å². The predicted molar refractivity (Wildman–Crippen MR) is 83.4 cm³/mol. The standard InChI is InChI=1S/C16H14FN3S/c17-13-6-11(8-18)5-12(7-13)9-21-16-14-3-1-2-4-15(14)19-10-20-16/h1-7,10H,8-9,18H2. The second-order valence-electron chi connectivity index (χ2n) is 4.66. The van der Waals surface area contributed by atoms with E-state index in [1.807, 2.05) is 30.3 Å². The molecule has 0 saturated heterocycles. The maximum atomic E-state index is 13.5. The molecule has 0 bridgehead atoms. The summed E-state index contributed by atoms with van der Waals surface area (Å²) in [7, 11) is 0. The minimum Gasteiger partial charge on any atom is -0.326 e. The Kier molecular flexibility index (Phi) is 4.13. The number of para-hydroxylation sites is 1. The first-order valence-corrected chi connectivity index (χ1v) is 7.56. The SMILES string of the molecule is NCc1cc(F)cc(CSc2ncnc3ccccc23)c1. The molecule has 3 nitrogen and oxygen atoms in total. The minimum atomic E-state index is -0.249. The van der Waals surface area contributed by atoms with E-state index in [4.69, 9.17) is 5.73 Å². The van der Waals surface area contributed by atoms with Crippen LogP contribution >= 0.6 is 11.8 Å². The molecule has 0 aliphatic heterocycles. The van der Waals surface area contributed by atoms with Gasteiger partial charge in [-0.3, -0.25) is 0 Å². The Hall–Kier alpha value is -1.98. The fourth-order valence-electron chi connectivity index (χ4n) is 2.17. The summed E-state index contributed by atoms with van der Waals surface area (Å²) in [6.45, 7) is 0.339. The van der Waals surface area contributed by atoms with Crippen molar-refractivity contribution in [1.29, 1.82) is 0 Å². The van der Waals surface area contributed by atoms with E-state index >= 15 is 0 Å². The summed E-state index contributed by atoms with van der Waals surface area (Å²) in [5.74, 6) is 0.396. The average Bonchev–Trinajstić information content (AvgIpc) is 2.52. The lowest BCUT2D eigenvalue weighted by Crippen LogP contribution is -1.98. The summed E-state index contributed by atoms with van der Waals surface area (Å²) >= 11 is 1.57. The lowest BCUT2D eigenvalue weighted by atomic mass is 10.1. The number of nitrogens with zero attached hydrogens (tertiary/aromatic N) is 2. The van der Waals surface area contributed by atoms with Gasteiger partial charge in [-0.1, -0.05) is 24.3 Å². The summed E-state index contributed by atoms with van der Waals surface area (Å²) in [5.41, 5.74) is 8.20. The van der Waals surface area contributed by atoms with Crippen molar-refractivity contribution >= 4 is 22.7 Å². The normalized spacial score (nSPS) is 11.0. The average molecular weight is 299 g/mol. The molecular weight excluding hydrogens is 285 g/mol. The lowest BCUT2D eigenvalue weighted by Gasteiger charge is -2.06. The molecule has 106 valence electrons. The topological polar surface area (TPSA) is 51.8 Å². The fourth-order valence-corrected chi connectivity index (χ4v) is 3.09. The Labute approximate surface area is 126 Å². The predicted octanol–water partition coefficient (Wildman–Crippen LogP) is 3.52. The van der Waals surface area contributed by atoms with Gasteiger partial charge in [-0.15, -0.1) is 11.8 Å². The summed E-state index contributed by atoms with van der Waals surface area (Å²) < 4.78 is 13.5. The molecular formula is C16H14FN3S. The molecule has 0 unspecified atom stereocenters. The van der Waals surface area contributed by atoms with Crippen LogP contribution in [0.1, 0.15) is 11.1 Å². The first-order valence-electron chi connectivity index (χ1n) is 6.57. The van der Waals surface area contributed by atoms with Gasteiger partial charge in [-0.2, -0.15) is 0 Å². The molecule has 0 aliphatic carbocycles. The smallest absolute Gasteiger partial charge is 0.123 e. The van der Waals surface area contributed by atoms with Gasteiger partial charge in [0.05, 0.1) is 5.52 Å². The van der Waals surface area contributed by atoms with E-state index in [1.54, 1.807) is 18.1 Å². The molecule has 2 aromatic carbocycles. The highest BCUT2D eigenvalue weighted by Gasteiger charge is 2.06. The van der Waals surface area contributed by atoms with Gasteiger partial charge >= 0.3 is 0 Å². The maximum absolute atomic E-state index is 13.5. The van der Waals surface area contributed by atoms with Crippen molar-refractivity contribution in [2.45, 2.75) is 17.3 Å². The van der Waals surface area contributed by atoms with Gasteiger partial charge in [0.25, 0.3) is 0 Å². The first-order chi connectivity index (χ1) is 10.3. The molecule has 1 aromatic heterocycles. The summed E-state index contributed by atoms with van der Waals surface area (Å²) in [4.78, 5) is 8.56. The van der Waals surface area contributed by atoms with Crippen molar-refractivity contribution in [3.63, 3.8) is 0 Å². The molecule has 0 radical (unpaired) electrons. The van der Waals surface area contributed by atoms with Gasteiger partial charge in [-0.05, 0) is 29.3 Å². The quantitative estimate of drug-likeness (QED) is 0.591. The second-order valence-corrected chi connectivity index (χ2v) is 5.62. The molecule has 1 heterocycles. The van der Waals surface area contributed by atoms with E-state index in [9.17, 15) is 4.39 Å². The van der Waals surface area contributed by atoms with Crippen molar-refractivity contribution in [1.82, 2.24) is 9.97 Å². The zero-order valence-electron chi connectivity index (χ0n) is 11.3. The van der Waals surface area contributed by atoms with Gasteiger partial charge in [0.2, 0.25) is 0 Å². The molecule has 2 N–H and O–H groups in total. The molecule has 0 spiro atoms. The Morgan fingerprint density at radius 1 is 1.05 bits per heavy atom. The molecule has 3 rings (SSSR count). The number of hydrogen-bond acceptors (Lipinski definition) is 4. The maximum Gasteiger partial charge on any atom is 0.123 e. The van der Waals surface area contributed by atoms with Gasteiger partial charge < -0.3 is 5.73 Å². The van der Waals surface area contributed by atoms with E-state index in [2.05, 4.69) is 9.97 Å². The minimum absolute atomic E-state index is 0.249. The third-order valence-corrected chi connectivity index (χ3v) is 4.21. The fraction of sp³-hybridized carbons (Fsp3) is 0.125. The van der Waals surface area contributed by atoms with E-state index in [0.717, 1.165) is 27.1 Å². The van der Waals surface area contributed by atoms with Crippen LogP contribution in [0.3, 0.4) is 0 Å². The zero-order valence-corrected chi connectivity index (χ0v) is 12.1. The zero-order chi connectivity index (χ0) is 14.7. The van der Waals surface area contributed by atoms with Crippen LogP contribution in [-0.4, -0.2) is 9.97 Å². The largest absolute Gasteiger partial charge is 0.326 e. The summed E-state index contributed by atoms with van der Waals surface area (Å²) in [6.07, 6.45) is 1.56. The van der Waals surface area contributed by atoms with Crippen LogP contribution in [0.15, 0.2) is 53.8 Å². The molecule has 0 amide bonds. The van der Waals surface area contributed by atoms with Gasteiger partial charge in [0.15, 0.2) is 0 Å². The van der Waals surface area contributed by atoms with E-state index in [0.29, 0.717) is 12.3 Å². The summed E-state index contributed by atoms with van der Waals surface area (Å²) in [5, 5.41) is 1.92. The van der Waals surface area contributed by atoms with Crippen molar-refractivity contribution in [3.05, 3.63) is 65.7 Å². The highest BCUT2D eigenvalue weighted by Crippen LogP contribution is 2.27. The Bertz CT molecular complexity index is 771. The number of hydrogen-bond donors (Lipinski definition) is 1. The molecule has 3 aromatic rings. The first kappa shape index (κ1) is 14.0. The number of aromatic nitrogens is 2. The van der Waals surface area contributed by atoms with Gasteiger partial charge in [0.1, 0.15) is 17.2 Å². The van der Waals surface area contributed by atoms with Crippen molar-refractivity contribution in [2.75, 3.05) is 0 Å². The molecule has 0 atom stereocenters. The van der Waals surface area contributed by atoms with Crippen LogP contribution in [0.4, 0.5) is 4.39 Å². The van der Waals surface area contributed by atoms with Crippen LogP contribution in [-0.2, 0) is 12.3 Å². The van der Waals surface area contributed by atoms with Crippen LogP contribution in [0, 0.1) is 5.82 Å². The Morgan fingerprint density at radius 2 is 1.86 bits per heavy atom. The molecule has 21 heavy (non-hydrogen) atoms. The third kappa shape index (κ3) is 3.20. The van der Waals surface area contributed by atoms with Crippen molar-refractivity contribution in [2.24, 2.45) is 5.73 Å². The second kappa shape index (κ2) is 6.20. The van der Waals surface area contributed by atoms with E-state index in [1.165, 1.54) is 12.1 Å². The number of nitrogens with two attached hydrogens (primary N) is 1. The summed E-state index contributed by atoms with van der Waals surface area (Å²) in [6, 6.07) is 12.8. The number of fused-ring (bicyclic) bond motifs is 1. The van der Waals surface area contributed by atoms with E-state index in [-0.39, 0.29) is 5.82 Å². The van der Waals surface area contributed by atoms with Crippen LogP contribution < -0.4 is 5.73 Å². The monoisotopic (exact) mass is 299 g/mol. The Morgan fingerprint density at radius 3 is 2.71 bits per heavy atom. The highest BCUT2D eigenvalue weighted by molar-refractivity contribution is 7.98. The number of benzene rings is 2. The van der Waals surface area contributed by atoms with Gasteiger partial charge in [0, 0.05) is 17.7 Å². The molecule has 0 aliphatic rings. The number of thioether (sulfide) groups is 1. The number of halogens is 1. The van der Waals surface area contributed by atoms with Crippen LogP contribution in [0.5, 0.6) is 0 Å². The highest BCUT2D eigenvalue weighted by atomic mass is 32.2. The van der Waals surface area contributed by atoms with Crippen LogP contribution in [0.25, 0.3) is 10.9 Å². The van der Waals surface area contributed by atoms with Gasteiger partial charge in [-0.25, -0.2) is 14.4 Å². The molecule has 0 saturated carbocycles. The van der Waals surface area contributed by atoms with Crippen LogP contribution in [0.2, 0.25) is 0 Å². The lowest BCUT2D eigenvalue weighted by molar-refractivity contribution is 0.624. The van der Waals surface area contributed by atoms with Crippen molar-refractivity contribution in [3.8, 4) is 0 Å². The molecule has 5 heteroatoms. The molecule has 0 fully saturated rings. The Balaban J connectivity index is 1.85. The van der Waals surface area contributed by atoms with Crippen molar-refractivity contribution < 1.29 is 4.39 Å².